The number of aromatic nitrogens is 2. The zero-order valence-corrected chi connectivity index (χ0v) is 12.3. The van der Waals surface area contributed by atoms with Crippen molar-refractivity contribution in [2.24, 2.45) is 5.92 Å². The fraction of sp³-hybridized carbons (Fsp3) is 0.818. The number of aryl methyl sites for hydroxylation is 1. The van der Waals surface area contributed by atoms with E-state index in [1.165, 1.54) is 11.5 Å². The molecule has 0 amide bonds. The SMILES string of the molecule is CCc1nsc(SCC(O)CNCC(C)C)n1. The highest BCUT2D eigenvalue weighted by Gasteiger charge is 2.08. The van der Waals surface area contributed by atoms with E-state index in [0.717, 1.165) is 23.1 Å². The Bertz CT molecular complexity index is 317. The second-order valence-electron chi connectivity index (χ2n) is 4.35. The van der Waals surface area contributed by atoms with Gasteiger partial charge in [-0.15, -0.1) is 0 Å². The maximum atomic E-state index is 9.76. The van der Waals surface area contributed by atoms with E-state index in [1.807, 2.05) is 6.92 Å². The van der Waals surface area contributed by atoms with Gasteiger partial charge in [0.15, 0.2) is 4.34 Å². The number of aliphatic hydroxyl groups is 1. The molecule has 0 bridgehead atoms. The lowest BCUT2D eigenvalue weighted by molar-refractivity contribution is 0.194. The molecule has 0 saturated carbocycles. The van der Waals surface area contributed by atoms with Crippen molar-refractivity contribution in [2.75, 3.05) is 18.8 Å². The first kappa shape index (κ1) is 14.9. The molecule has 1 aromatic rings. The molecule has 0 saturated heterocycles. The fourth-order valence-corrected chi connectivity index (χ4v) is 2.85. The Morgan fingerprint density at radius 2 is 2.18 bits per heavy atom. The molecule has 1 aromatic heterocycles. The van der Waals surface area contributed by atoms with Gasteiger partial charge in [-0.3, -0.25) is 0 Å². The lowest BCUT2D eigenvalue weighted by Crippen LogP contribution is -2.30. The first-order valence-corrected chi connectivity index (χ1v) is 7.71. The molecule has 4 nitrogen and oxygen atoms in total. The zero-order valence-electron chi connectivity index (χ0n) is 10.6. The molecular weight excluding hydrogens is 254 g/mol. The fourth-order valence-electron chi connectivity index (χ4n) is 1.21. The van der Waals surface area contributed by atoms with Gasteiger partial charge in [0.2, 0.25) is 0 Å². The molecule has 0 aliphatic rings. The van der Waals surface area contributed by atoms with E-state index in [0.29, 0.717) is 18.2 Å². The summed E-state index contributed by atoms with van der Waals surface area (Å²) in [6.07, 6.45) is 0.544. The Kier molecular flexibility index (Phi) is 7.03. The van der Waals surface area contributed by atoms with Gasteiger partial charge in [-0.25, -0.2) is 4.98 Å². The minimum Gasteiger partial charge on any atom is -0.391 e. The van der Waals surface area contributed by atoms with Crippen LogP contribution in [-0.4, -0.2) is 39.4 Å². The third kappa shape index (κ3) is 6.35. The van der Waals surface area contributed by atoms with Gasteiger partial charge in [0.05, 0.1) is 6.10 Å². The minimum atomic E-state index is -0.326. The zero-order chi connectivity index (χ0) is 12.7. The molecule has 0 aromatic carbocycles. The van der Waals surface area contributed by atoms with E-state index in [4.69, 9.17) is 0 Å². The van der Waals surface area contributed by atoms with Crippen LogP contribution in [0.4, 0.5) is 0 Å². The largest absolute Gasteiger partial charge is 0.391 e. The first-order chi connectivity index (χ1) is 8.11. The molecule has 0 fully saturated rings. The van der Waals surface area contributed by atoms with Gasteiger partial charge in [-0.2, -0.15) is 4.37 Å². The van der Waals surface area contributed by atoms with Crippen molar-refractivity contribution in [2.45, 2.75) is 37.6 Å². The summed E-state index contributed by atoms with van der Waals surface area (Å²) in [6, 6.07) is 0. The topological polar surface area (TPSA) is 58.0 Å². The number of aliphatic hydroxyl groups excluding tert-OH is 1. The van der Waals surface area contributed by atoms with Crippen LogP contribution < -0.4 is 5.32 Å². The second-order valence-corrected chi connectivity index (χ2v) is 6.37. The van der Waals surface area contributed by atoms with Crippen LogP contribution in [0.3, 0.4) is 0 Å². The molecule has 0 radical (unpaired) electrons. The van der Waals surface area contributed by atoms with Gasteiger partial charge in [-0.05, 0) is 24.0 Å². The van der Waals surface area contributed by atoms with E-state index in [1.54, 1.807) is 11.8 Å². The van der Waals surface area contributed by atoms with E-state index in [9.17, 15) is 5.11 Å². The van der Waals surface area contributed by atoms with Gasteiger partial charge in [0.1, 0.15) is 5.82 Å². The average molecular weight is 275 g/mol. The number of thioether (sulfide) groups is 1. The van der Waals surface area contributed by atoms with Crippen molar-refractivity contribution in [1.82, 2.24) is 14.7 Å². The molecule has 6 heteroatoms. The normalized spacial score (nSPS) is 13.2. The maximum Gasteiger partial charge on any atom is 0.170 e. The standard InChI is InChI=1S/C11H21N3OS2/c1-4-10-13-11(17-14-10)16-7-9(15)6-12-5-8(2)3/h8-9,12,15H,4-7H2,1-3H3. The van der Waals surface area contributed by atoms with Crippen molar-refractivity contribution in [1.29, 1.82) is 0 Å². The van der Waals surface area contributed by atoms with E-state index < -0.39 is 0 Å². The highest BCUT2D eigenvalue weighted by Crippen LogP contribution is 2.20. The molecule has 1 unspecified atom stereocenters. The second kappa shape index (κ2) is 8.02. The summed E-state index contributed by atoms with van der Waals surface area (Å²) in [6.45, 7) is 7.94. The molecule has 1 atom stereocenters. The van der Waals surface area contributed by atoms with Gasteiger partial charge < -0.3 is 10.4 Å². The summed E-state index contributed by atoms with van der Waals surface area (Å²) < 4.78 is 5.16. The molecular formula is C11H21N3OS2. The monoisotopic (exact) mass is 275 g/mol. The van der Waals surface area contributed by atoms with Crippen LogP contribution >= 0.6 is 23.3 Å². The van der Waals surface area contributed by atoms with Crippen LogP contribution in [0.25, 0.3) is 0 Å². The van der Waals surface area contributed by atoms with Crippen LogP contribution in [0.15, 0.2) is 4.34 Å². The molecule has 0 aliphatic heterocycles. The van der Waals surface area contributed by atoms with Crippen LogP contribution in [-0.2, 0) is 6.42 Å². The van der Waals surface area contributed by atoms with Crippen molar-refractivity contribution in [3.8, 4) is 0 Å². The van der Waals surface area contributed by atoms with Gasteiger partial charge in [-0.1, -0.05) is 32.5 Å². The summed E-state index contributed by atoms with van der Waals surface area (Å²) in [7, 11) is 0. The third-order valence-electron chi connectivity index (χ3n) is 2.10. The van der Waals surface area contributed by atoms with Crippen molar-refractivity contribution in [3.63, 3.8) is 0 Å². The molecule has 2 N–H and O–H groups in total. The number of rotatable bonds is 8. The lowest BCUT2D eigenvalue weighted by Gasteiger charge is -2.11. The Labute approximate surface area is 111 Å². The van der Waals surface area contributed by atoms with Gasteiger partial charge in [0, 0.05) is 18.7 Å². The number of hydrogen-bond acceptors (Lipinski definition) is 6. The predicted molar refractivity (Wildman–Crippen MR) is 73.7 cm³/mol. The Balaban J connectivity index is 2.16. The predicted octanol–water partition coefficient (Wildman–Crippen LogP) is 1.80. The van der Waals surface area contributed by atoms with E-state index >= 15 is 0 Å². The van der Waals surface area contributed by atoms with E-state index in [2.05, 4.69) is 28.5 Å². The number of nitrogens with one attached hydrogen (secondary N) is 1. The number of hydrogen-bond donors (Lipinski definition) is 2. The number of nitrogens with zero attached hydrogens (tertiary/aromatic N) is 2. The van der Waals surface area contributed by atoms with Crippen LogP contribution in [0.5, 0.6) is 0 Å². The van der Waals surface area contributed by atoms with Crippen molar-refractivity contribution in [3.05, 3.63) is 5.82 Å². The van der Waals surface area contributed by atoms with Gasteiger partial charge in [0.25, 0.3) is 0 Å². The molecule has 0 spiro atoms. The van der Waals surface area contributed by atoms with Crippen molar-refractivity contribution < 1.29 is 5.11 Å². The lowest BCUT2D eigenvalue weighted by atomic mass is 10.2. The summed E-state index contributed by atoms with van der Waals surface area (Å²) in [5.74, 6) is 2.18. The highest BCUT2D eigenvalue weighted by molar-refractivity contribution is 8.00. The average Bonchev–Trinajstić information content (AvgIpc) is 2.73. The Morgan fingerprint density at radius 3 is 2.76 bits per heavy atom. The minimum absolute atomic E-state index is 0.326. The van der Waals surface area contributed by atoms with Gasteiger partial charge >= 0.3 is 0 Å². The molecule has 98 valence electrons. The quantitative estimate of drug-likeness (QED) is 0.709. The first-order valence-electron chi connectivity index (χ1n) is 5.96. The van der Waals surface area contributed by atoms with Crippen LogP contribution in [0.1, 0.15) is 26.6 Å². The Hall–Kier alpha value is -0.170. The third-order valence-corrected chi connectivity index (χ3v) is 4.11. The maximum absolute atomic E-state index is 9.76. The summed E-state index contributed by atoms with van der Waals surface area (Å²) in [5.41, 5.74) is 0. The molecule has 0 aliphatic carbocycles. The van der Waals surface area contributed by atoms with Crippen molar-refractivity contribution >= 4 is 23.3 Å². The summed E-state index contributed by atoms with van der Waals surface area (Å²) in [4.78, 5) is 4.35. The summed E-state index contributed by atoms with van der Waals surface area (Å²) in [5, 5.41) is 13.0. The highest BCUT2D eigenvalue weighted by atomic mass is 32.2. The molecule has 1 heterocycles. The molecule has 1 rings (SSSR count). The Morgan fingerprint density at radius 1 is 1.41 bits per heavy atom. The smallest absolute Gasteiger partial charge is 0.170 e. The van der Waals surface area contributed by atoms with E-state index in [-0.39, 0.29) is 6.10 Å². The van der Waals surface area contributed by atoms with Crippen LogP contribution in [0, 0.1) is 5.92 Å². The molecule has 17 heavy (non-hydrogen) atoms. The van der Waals surface area contributed by atoms with Crippen LogP contribution in [0.2, 0.25) is 0 Å². The summed E-state index contributed by atoms with van der Waals surface area (Å²) >= 11 is 2.99.